The van der Waals surface area contributed by atoms with E-state index in [2.05, 4.69) is 39.5 Å². The smallest absolute Gasteiger partial charge is 0.0359 e. The molecule has 2 heteroatoms. The van der Waals surface area contributed by atoms with Gasteiger partial charge in [0, 0.05) is 18.1 Å². The van der Waals surface area contributed by atoms with Crippen molar-refractivity contribution >= 4 is 0 Å². The van der Waals surface area contributed by atoms with E-state index in [1.165, 1.54) is 12.8 Å². The Morgan fingerprint density at radius 1 is 1.43 bits per heavy atom. The van der Waals surface area contributed by atoms with E-state index in [9.17, 15) is 0 Å². The van der Waals surface area contributed by atoms with Crippen molar-refractivity contribution in [3.8, 4) is 0 Å². The minimum Gasteiger partial charge on any atom is -0.329 e. The second kappa shape index (κ2) is 3.82. The van der Waals surface area contributed by atoms with Crippen molar-refractivity contribution in [2.24, 2.45) is 11.1 Å². The minimum absolute atomic E-state index is 0.190. The van der Waals surface area contributed by atoms with Crippen LogP contribution in [-0.2, 0) is 0 Å². The molecule has 1 aliphatic carbocycles. The summed E-state index contributed by atoms with van der Waals surface area (Å²) in [4.78, 5) is 2.56. The number of likely N-dealkylation sites (N-methyl/N-ethyl adjacent to an activating group) is 1. The Morgan fingerprint density at radius 3 is 2.14 bits per heavy atom. The highest BCUT2D eigenvalue weighted by Gasteiger charge is 2.55. The first kappa shape index (κ1) is 12.0. The highest BCUT2D eigenvalue weighted by atomic mass is 15.2. The molecule has 0 radical (unpaired) electrons. The van der Waals surface area contributed by atoms with Crippen molar-refractivity contribution in [1.29, 1.82) is 0 Å². The molecule has 0 bridgehead atoms. The van der Waals surface area contributed by atoms with Gasteiger partial charge in [-0.15, -0.1) is 0 Å². The molecule has 1 atom stereocenters. The van der Waals surface area contributed by atoms with Gasteiger partial charge in [-0.25, -0.2) is 0 Å². The molecular weight excluding hydrogens is 172 g/mol. The maximum Gasteiger partial charge on any atom is 0.0359 e. The van der Waals surface area contributed by atoms with Crippen molar-refractivity contribution in [1.82, 2.24) is 4.90 Å². The number of nitrogens with two attached hydrogens (primary N) is 1. The van der Waals surface area contributed by atoms with Gasteiger partial charge in [-0.1, -0.05) is 13.8 Å². The summed E-state index contributed by atoms with van der Waals surface area (Å²) in [5.41, 5.74) is 6.66. The van der Waals surface area contributed by atoms with Crippen LogP contribution in [-0.4, -0.2) is 29.6 Å². The molecule has 0 saturated heterocycles. The lowest BCUT2D eigenvalue weighted by atomic mass is 9.81. The first-order chi connectivity index (χ1) is 6.41. The zero-order chi connectivity index (χ0) is 11.0. The van der Waals surface area contributed by atoms with Crippen LogP contribution in [0.4, 0.5) is 0 Å². The zero-order valence-corrected chi connectivity index (χ0v) is 10.4. The van der Waals surface area contributed by atoms with Crippen LogP contribution in [0.25, 0.3) is 0 Å². The number of hydrogen-bond acceptors (Lipinski definition) is 2. The van der Waals surface area contributed by atoms with Gasteiger partial charge in [-0.05, 0) is 45.6 Å². The summed E-state index contributed by atoms with van der Waals surface area (Å²) in [7, 11) is 0. The number of hydrogen-bond donors (Lipinski definition) is 1. The van der Waals surface area contributed by atoms with E-state index in [0.29, 0.717) is 11.5 Å². The Bertz CT molecular complexity index is 196. The molecule has 1 fully saturated rings. The molecule has 0 aromatic carbocycles. The molecule has 0 aromatic heterocycles. The zero-order valence-electron chi connectivity index (χ0n) is 10.4. The number of nitrogens with zero attached hydrogens (tertiary/aromatic N) is 1. The van der Waals surface area contributed by atoms with Crippen LogP contribution in [0.5, 0.6) is 0 Å². The van der Waals surface area contributed by atoms with Crippen LogP contribution in [0.1, 0.15) is 47.5 Å². The van der Waals surface area contributed by atoms with Crippen LogP contribution in [0.15, 0.2) is 0 Å². The van der Waals surface area contributed by atoms with Gasteiger partial charge in [0.05, 0.1) is 0 Å². The van der Waals surface area contributed by atoms with Crippen LogP contribution in [0, 0.1) is 5.41 Å². The lowest BCUT2D eigenvalue weighted by Gasteiger charge is -2.47. The molecule has 2 nitrogen and oxygen atoms in total. The highest BCUT2D eigenvalue weighted by Crippen LogP contribution is 2.55. The molecule has 84 valence electrons. The monoisotopic (exact) mass is 198 g/mol. The van der Waals surface area contributed by atoms with Crippen LogP contribution < -0.4 is 5.73 Å². The van der Waals surface area contributed by atoms with Crippen molar-refractivity contribution in [3.63, 3.8) is 0 Å². The van der Waals surface area contributed by atoms with Crippen LogP contribution >= 0.6 is 0 Å². The average molecular weight is 198 g/mol. The van der Waals surface area contributed by atoms with Gasteiger partial charge >= 0.3 is 0 Å². The predicted octanol–water partition coefficient (Wildman–Crippen LogP) is 2.23. The molecule has 1 saturated carbocycles. The van der Waals surface area contributed by atoms with Gasteiger partial charge in [-0.3, -0.25) is 4.90 Å². The molecule has 1 rings (SSSR count). The average Bonchev–Trinajstić information content (AvgIpc) is 2.85. The fraction of sp³-hybridized carbons (Fsp3) is 1.00. The van der Waals surface area contributed by atoms with Crippen LogP contribution in [0.2, 0.25) is 0 Å². The quantitative estimate of drug-likeness (QED) is 0.734. The normalized spacial score (nSPS) is 24.0. The Balaban J connectivity index is 2.87. The molecule has 0 aliphatic heterocycles. The third-order valence-corrected chi connectivity index (χ3v) is 4.30. The molecule has 1 aliphatic rings. The molecule has 1 unspecified atom stereocenters. The summed E-state index contributed by atoms with van der Waals surface area (Å²) >= 11 is 0. The standard InChI is InChI=1S/C12H26N2/c1-6-14(10(2)3)12(5,9-13)11(4)7-8-11/h10H,6-9,13H2,1-5H3. The first-order valence-corrected chi connectivity index (χ1v) is 5.88. The van der Waals surface area contributed by atoms with E-state index in [4.69, 9.17) is 5.73 Å². The van der Waals surface area contributed by atoms with Gasteiger partial charge in [0.2, 0.25) is 0 Å². The van der Waals surface area contributed by atoms with Crippen molar-refractivity contribution < 1.29 is 0 Å². The summed E-state index contributed by atoms with van der Waals surface area (Å²) in [6, 6.07) is 0.589. The topological polar surface area (TPSA) is 29.3 Å². The number of rotatable bonds is 5. The molecule has 0 spiro atoms. The molecular formula is C12H26N2. The van der Waals surface area contributed by atoms with Crippen LogP contribution in [0.3, 0.4) is 0 Å². The van der Waals surface area contributed by atoms with Crippen molar-refractivity contribution in [2.45, 2.75) is 59.0 Å². The molecule has 0 amide bonds. The second-order valence-corrected chi connectivity index (χ2v) is 5.42. The van der Waals surface area contributed by atoms with E-state index in [1.54, 1.807) is 0 Å². The van der Waals surface area contributed by atoms with E-state index in [0.717, 1.165) is 13.1 Å². The summed E-state index contributed by atoms with van der Waals surface area (Å²) < 4.78 is 0. The van der Waals surface area contributed by atoms with Gasteiger partial charge < -0.3 is 5.73 Å². The Hall–Kier alpha value is -0.0800. The van der Waals surface area contributed by atoms with E-state index in [-0.39, 0.29) is 5.54 Å². The van der Waals surface area contributed by atoms with Gasteiger partial charge in [0.1, 0.15) is 0 Å². The van der Waals surface area contributed by atoms with Crippen molar-refractivity contribution in [2.75, 3.05) is 13.1 Å². The van der Waals surface area contributed by atoms with Gasteiger partial charge in [0.25, 0.3) is 0 Å². The molecule has 14 heavy (non-hydrogen) atoms. The Labute approximate surface area is 88.8 Å². The third-order valence-electron chi connectivity index (χ3n) is 4.30. The fourth-order valence-electron chi connectivity index (χ4n) is 2.72. The lowest BCUT2D eigenvalue weighted by Crippen LogP contribution is -2.59. The summed E-state index contributed by atoms with van der Waals surface area (Å²) in [6.45, 7) is 13.4. The first-order valence-electron chi connectivity index (χ1n) is 5.88. The van der Waals surface area contributed by atoms with Crippen molar-refractivity contribution in [3.05, 3.63) is 0 Å². The summed E-state index contributed by atoms with van der Waals surface area (Å²) in [5.74, 6) is 0. The lowest BCUT2D eigenvalue weighted by molar-refractivity contribution is 0.0259. The Kier molecular flexibility index (Phi) is 3.27. The van der Waals surface area contributed by atoms with Gasteiger partial charge in [-0.2, -0.15) is 0 Å². The third kappa shape index (κ3) is 1.70. The molecule has 2 N–H and O–H groups in total. The summed E-state index contributed by atoms with van der Waals surface area (Å²) in [5, 5.41) is 0. The maximum absolute atomic E-state index is 6.01. The highest BCUT2D eigenvalue weighted by molar-refractivity contribution is 5.10. The summed E-state index contributed by atoms with van der Waals surface area (Å²) in [6.07, 6.45) is 2.67. The molecule has 0 heterocycles. The van der Waals surface area contributed by atoms with E-state index in [1.807, 2.05) is 0 Å². The van der Waals surface area contributed by atoms with E-state index < -0.39 is 0 Å². The Morgan fingerprint density at radius 2 is 1.93 bits per heavy atom. The van der Waals surface area contributed by atoms with Gasteiger partial charge in [0.15, 0.2) is 0 Å². The molecule has 0 aromatic rings. The second-order valence-electron chi connectivity index (χ2n) is 5.42. The largest absolute Gasteiger partial charge is 0.329 e. The SMILES string of the molecule is CCN(C(C)C)C(C)(CN)C1(C)CC1. The predicted molar refractivity (Wildman–Crippen MR) is 62.3 cm³/mol. The minimum atomic E-state index is 0.190. The fourth-order valence-corrected chi connectivity index (χ4v) is 2.72. The van der Waals surface area contributed by atoms with E-state index >= 15 is 0 Å². The maximum atomic E-state index is 6.01.